The SMILES string of the molecule is C#CCC(NCCC)c1cc2c(s1)CCCCC2. The van der Waals surface area contributed by atoms with Crippen LogP contribution in [0.15, 0.2) is 6.07 Å². The Labute approximate surface area is 115 Å². The van der Waals surface area contributed by atoms with Gasteiger partial charge in [0, 0.05) is 16.2 Å². The highest BCUT2D eigenvalue weighted by Gasteiger charge is 2.17. The number of thiophene rings is 1. The summed E-state index contributed by atoms with van der Waals surface area (Å²) in [5.41, 5.74) is 1.59. The molecule has 1 aliphatic carbocycles. The quantitative estimate of drug-likeness (QED) is 0.622. The second-order valence-electron chi connectivity index (χ2n) is 5.07. The van der Waals surface area contributed by atoms with Crippen LogP contribution in [0.5, 0.6) is 0 Å². The molecule has 1 atom stereocenters. The highest BCUT2D eigenvalue weighted by atomic mass is 32.1. The van der Waals surface area contributed by atoms with Crippen LogP contribution >= 0.6 is 11.3 Å². The third-order valence-electron chi connectivity index (χ3n) is 3.57. The summed E-state index contributed by atoms with van der Waals surface area (Å²) in [6.07, 6.45) is 14.1. The Kier molecular flexibility index (Phi) is 5.28. The van der Waals surface area contributed by atoms with Crippen molar-refractivity contribution >= 4 is 11.3 Å². The van der Waals surface area contributed by atoms with Crippen LogP contribution in [0.3, 0.4) is 0 Å². The van der Waals surface area contributed by atoms with Crippen LogP contribution in [0.4, 0.5) is 0 Å². The van der Waals surface area contributed by atoms with Gasteiger partial charge in [-0.3, -0.25) is 0 Å². The number of hydrogen-bond donors (Lipinski definition) is 1. The van der Waals surface area contributed by atoms with Gasteiger partial charge in [-0.2, -0.15) is 0 Å². The Bertz CT molecular complexity index is 390. The molecule has 0 aliphatic heterocycles. The van der Waals surface area contributed by atoms with Gasteiger partial charge in [-0.05, 0) is 50.3 Å². The Morgan fingerprint density at radius 3 is 3.00 bits per heavy atom. The topological polar surface area (TPSA) is 12.0 Å². The molecule has 2 rings (SSSR count). The lowest BCUT2D eigenvalue weighted by atomic mass is 10.1. The number of hydrogen-bond acceptors (Lipinski definition) is 2. The lowest BCUT2D eigenvalue weighted by molar-refractivity contribution is 0.550. The van der Waals surface area contributed by atoms with Crippen LogP contribution in [0.25, 0.3) is 0 Å². The first-order chi connectivity index (χ1) is 8.85. The van der Waals surface area contributed by atoms with Gasteiger partial charge in [0.25, 0.3) is 0 Å². The van der Waals surface area contributed by atoms with E-state index in [-0.39, 0.29) is 0 Å². The number of fused-ring (bicyclic) bond motifs is 1. The van der Waals surface area contributed by atoms with Crippen LogP contribution < -0.4 is 5.32 Å². The van der Waals surface area contributed by atoms with Crippen LogP contribution in [-0.4, -0.2) is 6.54 Å². The van der Waals surface area contributed by atoms with E-state index in [1.807, 2.05) is 11.3 Å². The molecule has 1 aromatic heterocycles. The highest BCUT2D eigenvalue weighted by molar-refractivity contribution is 7.12. The van der Waals surface area contributed by atoms with Crippen molar-refractivity contribution in [2.24, 2.45) is 0 Å². The summed E-state index contributed by atoms with van der Waals surface area (Å²) >= 11 is 1.99. The molecule has 1 aromatic rings. The molecule has 18 heavy (non-hydrogen) atoms. The van der Waals surface area contributed by atoms with Crippen molar-refractivity contribution in [3.63, 3.8) is 0 Å². The fourth-order valence-corrected chi connectivity index (χ4v) is 3.91. The van der Waals surface area contributed by atoms with E-state index in [4.69, 9.17) is 6.42 Å². The van der Waals surface area contributed by atoms with Crippen LogP contribution in [0.1, 0.15) is 60.4 Å². The third-order valence-corrected chi connectivity index (χ3v) is 4.92. The fourth-order valence-electron chi connectivity index (χ4n) is 2.57. The molecule has 1 aliphatic rings. The molecule has 0 aromatic carbocycles. The second kappa shape index (κ2) is 6.97. The van der Waals surface area contributed by atoms with E-state index in [1.165, 1.54) is 37.0 Å². The zero-order chi connectivity index (χ0) is 12.8. The van der Waals surface area contributed by atoms with Crippen LogP contribution in [-0.2, 0) is 12.8 Å². The summed E-state index contributed by atoms with van der Waals surface area (Å²) in [6, 6.07) is 2.78. The maximum Gasteiger partial charge on any atom is 0.0525 e. The summed E-state index contributed by atoms with van der Waals surface area (Å²) in [7, 11) is 0. The van der Waals surface area contributed by atoms with Crippen molar-refractivity contribution in [1.29, 1.82) is 0 Å². The largest absolute Gasteiger partial charge is 0.308 e. The van der Waals surface area contributed by atoms with Crippen molar-refractivity contribution in [3.05, 3.63) is 21.4 Å². The number of nitrogens with one attached hydrogen (secondary N) is 1. The average Bonchev–Trinajstić information content (AvgIpc) is 2.66. The standard InChI is InChI=1S/C16H23NS/c1-3-8-14(17-11-4-2)16-12-13-9-6-5-7-10-15(13)18-16/h1,12,14,17H,4-11H2,2H3. The zero-order valence-corrected chi connectivity index (χ0v) is 12.1. The molecule has 0 bridgehead atoms. The molecule has 2 heteroatoms. The van der Waals surface area contributed by atoms with Gasteiger partial charge in [0.1, 0.15) is 0 Å². The van der Waals surface area contributed by atoms with Gasteiger partial charge >= 0.3 is 0 Å². The van der Waals surface area contributed by atoms with Crippen molar-refractivity contribution in [1.82, 2.24) is 5.32 Å². The molecule has 1 nitrogen and oxygen atoms in total. The second-order valence-corrected chi connectivity index (χ2v) is 6.24. The molecule has 0 saturated heterocycles. The molecule has 0 radical (unpaired) electrons. The molecule has 0 amide bonds. The monoisotopic (exact) mass is 261 g/mol. The minimum Gasteiger partial charge on any atom is -0.308 e. The average molecular weight is 261 g/mol. The molecule has 1 heterocycles. The van der Waals surface area contributed by atoms with Gasteiger partial charge in [-0.1, -0.05) is 13.3 Å². The molecule has 1 N–H and O–H groups in total. The minimum atomic E-state index is 0.367. The molecule has 0 fully saturated rings. The van der Waals surface area contributed by atoms with Crippen LogP contribution in [0, 0.1) is 12.3 Å². The normalized spacial score (nSPS) is 16.7. The maximum atomic E-state index is 5.50. The first-order valence-corrected chi connectivity index (χ1v) is 7.95. The van der Waals surface area contributed by atoms with Crippen molar-refractivity contribution in [2.75, 3.05) is 6.54 Å². The van der Waals surface area contributed by atoms with Gasteiger partial charge < -0.3 is 5.32 Å². The Morgan fingerprint density at radius 1 is 1.39 bits per heavy atom. The van der Waals surface area contributed by atoms with E-state index in [2.05, 4.69) is 24.2 Å². The van der Waals surface area contributed by atoms with E-state index in [0.717, 1.165) is 19.4 Å². The smallest absolute Gasteiger partial charge is 0.0525 e. The maximum absolute atomic E-state index is 5.50. The lowest BCUT2D eigenvalue weighted by Gasteiger charge is -2.14. The summed E-state index contributed by atoms with van der Waals surface area (Å²) in [5, 5.41) is 3.58. The number of aryl methyl sites for hydroxylation is 2. The zero-order valence-electron chi connectivity index (χ0n) is 11.3. The number of terminal acetylenes is 1. The van der Waals surface area contributed by atoms with Crippen molar-refractivity contribution < 1.29 is 0 Å². The minimum absolute atomic E-state index is 0.367. The van der Waals surface area contributed by atoms with E-state index in [0.29, 0.717) is 6.04 Å². The van der Waals surface area contributed by atoms with Gasteiger partial charge in [0.05, 0.1) is 6.04 Å². The van der Waals surface area contributed by atoms with E-state index in [1.54, 1.807) is 10.4 Å². The van der Waals surface area contributed by atoms with Crippen LogP contribution in [0.2, 0.25) is 0 Å². The van der Waals surface area contributed by atoms with E-state index < -0.39 is 0 Å². The molecule has 1 unspecified atom stereocenters. The molecule has 98 valence electrons. The molecular weight excluding hydrogens is 238 g/mol. The predicted molar refractivity (Wildman–Crippen MR) is 80.1 cm³/mol. The first kappa shape index (κ1) is 13.6. The van der Waals surface area contributed by atoms with Gasteiger partial charge in [-0.15, -0.1) is 23.7 Å². The Morgan fingerprint density at radius 2 is 2.22 bits per heavy atom. The van der Waals surface area contributed by atoms with E-state index >= 15 is 0 Å². The predicted octanol–water partition coefficient (Wildman–Crippen LogP) is 4.08. The number of rotatable bonds is 5. The Hall–Kier alpha value is -0.780. The lowest BCUT2D eigenvalue weighted by Crippen LogP contribution is -2.20. The highest BCUT2D eigenvalue weighted by Crippen LogP contribution is 2.33. The first-order valence-electron chi connectivity index (χ1n) is 7.13. The summed E-state index contributed by atoms with van der Waals surface area (Å²) in [5.74, 6) is 2.81. The van der Waals surface area contributed by atoms with Crippen molar-refractivity contribution in [3.8, 4) is 12.3 Å². The van der Waals surface area contributed by atoms with Gasteiger partial charge in [0.2, 0.25) is 0 Å². The fraction of sp³-hybridized carbons (Fsp3) is 0.625. The Balaban J connectivity index is 2.12. The third kappa shape index (κ3) is 3.37. The molecule has 0 saturated carbocycles. The molecule has 0 spiro atoms. The summed E-state index contributed by atoms with van der Waals surface area (Å²) in [4.78, 5) is 3.07. The van der Waals surface area contributed by atoms with Crippen molar-refractivity contribution in [2.45, 2.75) is 57.9 Å². The van der Waals surface area contributed by atoms with Gasteiger partial charge in [0.15, 0.2) is 0 Å². The van der Waals surface area contributed by atoms with E-state index in [9.17, 15) is 0 Å². The summed E-state index contributed by atoms with van der Waals surface area (Å²) in [6.45, 7) is 3.25. The summed E-state index contributed by atoms with van der Waals surface area (Å²) < 4.78 is 0. The van der Waals surface area contributed by atoms with Gasteiger partial charge in [-0.25, -0.2) is 0 Å². The molecular formula is C16H23NS.